The lowest BCUT2D eigenvalue weighted by atomic mass is 10.4. The van der Waals surface area contributed by atoms with E-state index in [1.54, 1.807) is 0 Å². The zero-order chi connectivity index (χ0) is 12.9. The van der Waals surface area contributed by atoms with Gasteiger partial charge in [-0.3, -0.25) is 9.59 Å². The van der Waals surface area contributed by atoms with Crippen molar-refractivity contribution < 1.29 is 29.0 Å². The smallest absolute Gasteiger partial charge is 0.312 e. The molecule has 8 nitrogen and oxygen atoms in total. The maximum absolute atomic E-state index is 10.9. The average Bonchev–Trinajstić information content (AvgIpc) is 2.26. The van der Waals surface area contributed by atoms with Gasteiger partial charge in [-0.05, 0) is 0 Å². The van der Waals surface area contributed by atoms with E-state index in [1.807, 2.05) is 0 Å². The maximum Gasteiger partial charge on any atom is 0.312 e. The molecule has 0 heterocycles. The van der Waals surface area contributed by atoms with Crippen LogP contribution >= 0.6 is 0 Å². The Labute approximate surface area is 99.0 Å². The number of ether oxygens (including phenoxy) is 2. The molecule has 0 fully saturated rings. The van der Waals surface area contributed by atoms with Crippen LogP contribution in [0.1, 0.15) is 6.42 Å². The number of carbonyl (C=O) groups is 2. The van der Waals surface area contributed by atoms with Gasteiger partial charge in [-0.25, -0.2) is 5.90 Å². The molecule has 0 aromatic rings. The maximum atomic E-state index is 10.9. The molecule has 0 aromatic heterocycles. The second-order valence-corrected chi connectivity index (χ2v) is 3.02. The standard InChI is InChI=1S/C9H18N2O6/c10-17-6-5-16-4-3-15-2-1-11-8(12)7-9(13)14/h1-7,10H2,(H,11,12)(H,13,14). The van der Waals surface area contributed by atoms with Crippen molar-refractivity contribution in [3.8, 4) is 0 Å². The van der Waals surface area contributed by atoms with Crippen LogP contribution in [-0.2, 0) is 23.9 Å². The second kappa shape index (κ2) is 11.3. The molecule has 0 aliphatic rings. The van der Waals surface area contributed by atoms with Gasteiger partial charge in [-0.1, -0.05) is 0 Å². The Morgan fingerprint density at radius 3 is 2.24 bits per heavy atom. The minimum Gasteiger partial charge on any atom is -0.481 e. The van der Waals surface area contributed by atoms with Crippen molar-refractivity contribution in [3.05, 3.63) is 0 Å². The van der Waals surface area contributed by atoms with Crippen LogP contribution in [0, 0.1) is 0 Å². The van der Waals surface area contributed by atoms with Crippen LogP contribution in [0.15, 0.2) is 0 Å². The molecule has 0 rings (SSSR count). The first-order valence-corrected chi connectivity index (χ1v) is 5.12. The molecule has 0 atom stereocenters. The molecule has 0 aliphatic heterocycles. The number of carboxylic acids is 1. The zero-order valence-corrected chi connectivity index (χ0v) is 9.52. The first-order valence-electron chi connectivity index (χ1n) is 5.12. The van der Waals surface area contributed by atoms with Gasteiger partial charge in [0.2, 0.25) is 5.91 Å². The summed E-state index contributed by atoms with van der Waals surface area (Å²) in [6.07, 6.45) is -0.526. The quantitative estimate of drug-likeness (QED) is 0.232. The normalized spacial score (nSPS) is 10.2. The van der Waals surface area contributed by atoms with E-state index in [-0.39, 0.29) is 6.54 Å². The number of hydrogen-bond acceptors (Lipinski definition) is 6. The molecular weight excluding hydrogens is 232 g/mol. The van der Waals surface area contributed by atoms with Crippen molar-refractivity contribution in [3.63, 3.8) is 0 Å². The van der Waals surface area contributed by atoms with Crippen molar-refractivity contribution in [1.82, 2.24) is 5.32 Å². The monoisotopic (exact) mass is 250 g/mol. The number of aliphatic carboxylic acids is 1. The second-order valence-electron chi connectivity index (χ2n) is 3.02. The molecule has 0 saturated heterocycles. The molecule has 0 spiro atoms. The topological polar surface area (TPSA) is 120 Å². The van der Waals surface area contributed by atoms with Crippen molar-refractivity contribution in [2.24, 2.45) is 5.90 Å². The number of nitrogens with two attached hydrogens (primary N) is 1. The van der Waals surface area contributed by atoms with Crippen LogP contribution in [0.5, 0.6) is 0 Å². The largest absolute Gasteiger partial charge is 0.481 e. The Balaban J connectivity index is 3.13. The molecule has 0 aromatic carbocycles. The lowest BCUT2D eigenvalue weighted by Gasteiger charge is -2.06. The number of amides is 1. The fourth-order valence-electron chi connectivity index (χ4n) is 0.891. The highest BCUT2D eigenvalue weighted by molar-refractivity contribution is 5.93. The van der Waals surface area contributed by atoms with E-state index in [2.05, 4.69) is 10.2 Å². The van der Waals surface area contributed by atoms with Gasteiger partial charge in [0.1, 0.15) is 6.42 Å². The summed E-state index contributed by atoms with van der Waals surface area (Å²) < 4.78 is 10.2. The highest BCUT2D eigenvalue weighted by Gasteiger charge is 2.05. The lowest BCUT2D eigenvalue weighted by molar-refractivity contribution is -0.140. The molecule has 0 bridgehead atoms. The summed E-state index contributed by atoms with van der Waals surface area (Å²) in [5, 5.41) is 10.7. The molecule has 0 radical (unpaired) electrons. The van der Waals surface area contributed by atoms with E-state index in [0.29, 0.717) is 33.0 Å². The van der Waals surface area contributed by atoms with Gasteiger partial charge in [0.25, 0.3) is 0 Å². The number of nitrogens with one attached hydrogen (secondary N) is 1. The molecular formula is C9H18N2O6. The summed E-state index contributed by atoms with van der Waals surface area (Å²) in [6.45, 7) is 2.10. The van der Waals surface area contributed by atoms with Crippen LogP contribution in [0.25, 0.3) is 0 Å². The predicted octanol–water partition coefficient (Wildman–Crippen LogP) is -1.50. The fourth-order valence-corrected chi connectivity index (χ4v) is 0.891. The van der Waals surface area contributed by atoms with Gasteiger partial charge in [0, 0.05) is 6.54 Å². The lowest BCUT2D eigenvalue weighted by Crippen LogP contribution is -2.29. The molecule has 4 N–H and O–H groups in total. The van der Waals surface area contributed by atoms with Crippen LogP contribution in [0.4, 0.5) is 0 Å². The molecule has 0 saturated carbocycles. The van der Waals surface area contributed by atoms with Gasteiger partial charge in [-0.2, -0.15) is 0 Å². The molecule has 0 unspecified atom stereocenters. The van der Waals surface area contributed by atoms with E-state index < -0.39 is 18.3 Å². The third kappa shape index (κ3) is 12.7. The van der Waals surface area contributed by atoms with Crippen LogP contribution in [0.2, 0.25) is 0 Å². The minimum atomic E-state index is -1.15. The Morgan fingerprint density at radius 2 is 1.65 bits per heavy atom. The summed E-state index contributed by atoms with van der Waals surface area (Å²) in [4.78, 5) is 25.3. The van der Waals surface area contributed by atoms with Crippen molar-refractivity contribution in [2.45, 2.75) is 6.42 Å². The fraction of sp³-hybridized carbons (Fsp3) is 0.778. The molecule has 100 valence electrons. The zero-order valence-electron chi connectivity index (χ0n) is 9.52. The highest BCUT2D eigenvalue weighted by Crippen LogP contribution is 1.81. The highest BCUT2D eigenvalue weighted by atomic mass is 16.6. The molecule has 1 amide bonds. The number of hydrogen-bond donors (Lipinski definition) is 3. The van der Waals surface area contributed by atoms with Gasteiger partial charge in [0.15, 0.2) is 0 Å². The van der Waals surface area contributed by atoms with Gasteiger partial charge >= 0.3 is 5.97 Å². The van der Waals surface area contributed by atoms with Gasteiger partial charge < -0.3 is 24.7 Å². The Morgan fingerprint density at radius 1 is 1.06 bits per heavy atom. The van der Waals surface area contributed by atoms with E-state index in [1.165, 1.54) is 0 Å². The number of carboxylic acid groups (broad SMARTS) is 1. The number of rotatable bonds is 11. The molecule has 8 heteroatoms. The third-order valence-electron chi connectivity index (χ3n) is 1.60. The summed E-state index contributed by atoms with van der Waals surface area (Å²) in [7, 11) is 0. The predicted molar refractivity (Wildman–Crippen MR) is 57.0 cm³/mol. The van der Waals surface area contributed by atoms with Crippen molar-refractivity contribution in [2.75, 3.05) is 39.6 Å². The van der Waals surface area contributed by atoms with Crippen molar-refractivity contribution in [1.29, 1.82) is 0 Å². The van der Waals surface area contributed by atoms with Crippen molar-refractivity contribution >= 4 is 11.9 Å². The Kier molecular flexibility index (Phi) is 10.5. The van der Waals surface area contributed by atoms with Crippen LogP contribution in [0.3, 0.4) is 0 Å². The van der Waals surface area contributed by atoms with Gasteiger partial charge in [-0.15, -0.1) is 0 Å². The summed E-state index contributed by atoms with van der Waals surface area (Å²) in [6, 6.07) is 0. The van der Waals surface area contributed by atoms with E-state index in [4.69, 9.17) is 20.5 Å². The summed E-state index contributed by atoms with van der Waals surface area (Å²) in [5.41, 5.74) is 0. The van der Waals surface area contributed by atoms with E-state index >= 15 is 0 Å². The molecule has 0 aliphatic carbocycles. The van der Waals surface area contributed by atoms with E-state index in [0.717, 1.165) is 0 Å². The van der Waals surface area contributed by atoms with Crippen LogP contribution in [-0.4, -0.2) is 56.6 Å². The van der Waals surface area contributed by atoms with Gasteiger partial charge in [0.05, 0.1) is 33.0 Å². The Hall–Kier alpha value is -1.22. The van der Waals surface area contributed by atoms with Crippen LogP contribution < -0.4 is 11.2 Å². The first-order chi connectivity index (χ1) is 8.16. The third-order valence-corrected chi connectivity index (χ3v) is 1.60. The SMILES string of the molecule is NOCCOCCOCCNC(=O)CC(=O)O. The minimum absolute atomic E-state index is 0.276. The summed E-state index contributed by atoms with van der Waals surface area (Å²) >= 11 is 0. The number of carbonyl (C=O) groups excluding carboxylic acids is 1. The Bertz CT molecular complexity index is 224. The molecule has 17 heavy (non-hydrogen) atoms. The first kappa shape index (κ1) is 15.8. The van der Waals surface area contributed by atoms with E-state index in [9.17, 15) is 9.59 Å². The average molecular weight is 250 g/mol. The summed E-state index contributed by atoms with van der Waals surface area (Å²) in [5.74, 6) is 3.09.